The van der Waals surface area contributed by atoms with Gasteiger partial charge in [0.25, 0.3) is 0 Å². The fraction of sp³-hybridized carbons (Fsp3) is 0.348. The standard InChI is InChI=1S/C23H26BrN5OS/c1-16-2-4-17(5-3-16)14-21-27-23(31-28-21)29-12-10-18(11-13-29)15-25-22(30)26-20-8-6-19(24)7-9-20/h2-9,18H,10-15H2,1H3,(H2,25,26,30). The van der Waals surface area contributed by atoms with E-state index in [9.17, 15) is 4.79 Å². The number of amides is 2. The van der Waals surface area contributed by atoms with Crippen LogP contribution in [0, 0.1) is 12.8 Å². The van der Waals surface area contributed by atoms with Gasteiger partial charge in [0.15, 0.2) is 0 Å². The fourth-order valence-electron chi connectivity index (χ4n) is 3.61. The predicted octanol–water partition coefficient (Wildman–Crippen LogP) is 5.24. The Bertz CT molecular complexity index is 998. The Morgan fingerprint density at radius 3 is 2.55 bits per heavy atom. The number of nitrogens with one attached hydrogen (secondary N) is 2. The monoisotopic (exact) mass is 499 g/mol. The van der Waals surface area contributed by atoms with E-state index in [1.807, 2.05) is 24.3 Å². The zero-order valence-corrected chi connectivity index (χ0v) is 19.9. The quantitative estimate of drug-likeness (QED) is 0.486. The number of hydrogen-bond acceptors (Lipinski definition) is 5. The van der Waals surface area contributed by atoms with Gasteiger partial charge in [-0.1, -0.05) is 45.8 Å². The van der Waals surface area contributed by atoms with Gasteiger partial charge in [0.1, 0.15) is 5.82 Å². The topological polar surface area (TPSA) is 70.2 Å². The van der Waals surface area contributed by atoms with Gasteiger partial charge in [0, 0.05) is 47.7 Å². The number of nitrogens with zero attached hydrogens (tertiary/aromatic N) is 3. The van der Waals surface area contributed by atoms with Gasteiger partial charge in [0.2, 0.25) is 5.13 Å². The molecule has 0 atom stereocenters. The number of rotatable bonds is 6. The lowest BCUT2D eigenvalue weighted by molar-refractivity contribution is 0.248. The molecule has 1 aromatic heterocycles. The number of carbonyl (C=O) groups excluding carboxylic acids is 1. The van der Waals surface area contributed by atoms with Crippen molar-refractivity contribution >= 4 is 44.3 Å². The molecule has 31 heavy (non-hydrogen) atoms. The second kappa shape index (κ2) is 10.2. The molecule has 4 rings (SSSR count). The number of benzene rings is 2. The highest BCUT2D eigenvalue weighted by molar-refractivity contribution is 9.10. The minimum Gasteiger partial charge on any atom is -0.347 e. The highest BCUT2D eigenvalue weighted by Gasteiger charge is 2.22. The number of hydrogen-bond donors (Lipinski definition) is 2. The first-order valence-corrected chi connectivity index (χ1v) is 12.1. The Labute approximate surface area is 195 Å². The molecule has 0 spiro atoms. The maximum atomic E-state index is 12.1. The van der Waals surface area contributed by atoms with Gasteiger partial charge in [-0.25, -0.2) is 9.78 Å². The molecule has 2 heterocycles. The number of carbonyl (C=O) groups is 1. The first-order chi connectivity index (χ1) is 15.0. The Hall–Kier alpha value is -2.45. The molecule has 1 aliphatic heterocycles. The third-order valence-corrected chi connectivity index (χ3v) is 6.82. The molecule has 1 fully saturated rings. The van der Waals surface area contributed by atoms with Crippen LogP contribution < -0.4 is 15.5 Å². The molecule has 0 unspecified atom stereocenters. The zero-order chi connectivity index (χ0) is 21.6. The summed E-state index contributed by atoms with van der Waals surface area (Å²) in [7, 11) is 0. The molecule has 2 N–H and O–H groups in total. The number of halogens is 1. The normalized spacial score (nSPS) is 14.5. The Kier molecular flexibility index (Phi) is 7.19. The van der Waals surface area contributed by atoms with Crippen molar-refractivity contribution in [2.45, 2.75) is 26.2 Å². The van der Waals surface area contributed by atoms with Crippen molar-refractivity contribution in [2.24, 2.45) is 5.92 Å². The van der Waals surface area contributed by atoms with Crippen LogP contribution in [0.1, 0.15) is 29.8 Å². The molecule has 2 amide bonds. The average Bonchev–Trinajstić information content (AvgIpc) is 3.24. The van der Waals surface area contributed by atoms with Crippen molar-refractivity contribution in [2.75, 3.05) is 29.9 Å². The molecule has 162 valence electrons. The third kappa shape index (κ3) is 6.27. The lowest BCUT2D eigenvalue weighted by atomic mass is 9.97. The van der Waals surface area contributed by atoms with E-state index >= 15 is 0 Å². The molecular weight excluding hydrogens is 474 g/mol. The number of anilines is 2. The molecule has 8 heteroatoms. The number of aryl methyl sites for hydroxylation is 1. The van der Waals surface area contributed by atoms with Gasteiger partial charge >= 0.3 is 6.03 Å². The van der Waals surface area contributed by atoms with Crippen molar-refractivity contribution in [3.63, 3.8) is 0 Å². The molecule has 0 bridgehead atoms. The van der Waals surface area contributed by atoms with Crippen molar-refractivity contribution in [3.8, 4) is 0 Å². The van der Waals surface area contributed by atoms with Gasteiger partial charge < -0.3 is 15.5 Å². The van der Waals surface area contributed by atoms with Crippen LogP contribution in [0.5, 0.6) is 0 Å². The summed E-state index contributed by atoms with van der Waals surface area (Å²) in [5.41, 5.74) is 3.29. The summed E-state index contributed by atoms with van der Waals surface area (Å²) in [4.78, 5) is 19.2. The molecule has 0 radical (unpaired) electrons. The number of aromatic nitrogens is 2. The molecule has 1 saturated heterocycles. The minimum absolute atomic E-state index is 0.158. The second-order valence-electron chi connectivity index (χ2n) is 7.93. The van der Waals surface area contributed by atoms with Crippen molar-refractivity contribution < 1.29 is 4.79 Å². The van der Waals surface area contributed by atoms with Crippen LogP contribution in [0.4, 0.5) is 15.6 Å². The van der Waals surface area contributed by atoms with Gasteiger partial charge in [0.05, 0.1) is 0 Å². The van der Waals surface area contributed by atoms with Crippen LogP contribution in [0.2, 0.25) is 0 Å². The molecular formula is C23H26BrN5OS. The predicted molar refractivity (Wildman–Crippen MR) is 130 cm³/mol. The molecule has 1 aliphatic rings. The van der Waals surface area contributed by atoms with Crippen LogP contribution in [-0.4, -0.2) is 35.0 Å². The van der Waals surface area contributed by atoms with E-state index in [4.69, 9.17) is 4.98 Å². The SMILES string of the molecule is Cc1ccc(Cc2nsc(N3CCC(CNC(=O)Nc4ccc(Br)cc4)CC3)n2)cc1. The van der Waals surface area contributed by atoms with E-state index in [0.717, 1.165) is 53.5 Å². The Morgan fingerprint density at radius 2 is 1.84 bits per heavy atom. The summed E-state index contributed by atoms with van der Waals surface area (Å²) in [6.07, 6.45) is 2.83. The number of urea groups is 1. The molecule has 2 aromatic carbocycles. The van der Waals surface area contributed by atoms with Gasteiger partial charge in [-0.05, 0) is 55.5 Å². The Balaban J connectivity index is 1.21. The van der Waals surface area contributed by atoms with E-state index < -0.39 is 0 Å². The highest BCUT2D eigenvalue weighted by Crippen LogP contribution is 2.25. The lowest BCUT2D eigenvalue weighted by Crippen LogP contribution is -2.39. The maximum absolute atomic E-state index is 12.1. The van der Waals surface area contributed by atoms with Gasteiger partial charge in [-0.2, -0.15) is 4.37 Å². The summed E-state index contributed by atoms with van der Waals surface area (Å²) in [5, 5.41) is 6.87. The highest BCUT2D eigenvalue weighted by atomic mass is 79.9. The van der Waals surface area contributed by atoms with E-state index in [1.165, 1.54) is 22.7 Å². The molecule has 3 aromatic rings. The summed E-state index contributed by atoms with van der Waals surface area (Å²) in [6, 6.07) is 15.9. The third-order valence-electron chi connectivity index (χ3n) is 5.48. The smallest absolute Gasteiger partial charge is 0.319 e. The average molecular weight is 500 g/mol. The maximum Gasteiger partial charge on any atom is 0.319 e. The second-order valence-corrected chi connectivity index (χ2v) is 9.57. The van der Waals surface area contributed by atoms with E-state index in [0.29, 0.717) is 12.5 Å². The van der Waals surface area contributed by atoms with Crippen LogP contribution in [0.3, 0.4) is 0 Å². The van der Waals surface area contributed by atoms with Crippen molar-refractivity contribution in [1.29, 1.82) is 0 Å². The zero-order valence-electron chi connectivity index (χ0n) is 17.5. The van der Waals surface area contributed by atoms with Gasteiger partial charge in [-0.3, -0.25) is 0 Å². The fourth-order valence-corrected chi connectivity index (χ4v) is 4.61. The largest absolute Gasteiger partial charge is 0.347 e. The van der Waals surface area contributed by atoms with Crippen LogP contribution in [-0.2, 0) is 6.42 Å². The Morgan fingerprint density at radius 1 is 1.13 bits per heavy atom. The summed E-state index contributed by atoms with van der Waals surface area (Å²) >= 11 is 4.88. The first-order valence-electron chi connectivity index (χ1n) is 10.5. The lowest BCUT2D eigenvalue weighted by Gasteiger charge is -2.31. The van der Waals surface area contributed by atoms with Crippen molar-refractivity contribution in [3.05, 3.63) is 70.0 Å². The van der Waals surface area contributed by atoms with Gasteiger partial charge in [-0.15, -0.1) is 0 Å². The molecule has 0 aliphatic carbocycles. The van der Waals surface area contributed by atoms with Crippen LogP contribution in [0.15, 0.2) is 53.0 Å². The summed E-state index contributed by atoms with van der Waals surface area (Å²) in [5.74, 6) is 1.36. The first kappa shape index (κ1) is 21.8. The van der Waals surface area contributed by atoms with Crippen LogP contribution in [0.25, 0.3) is 0 Å². The summed E-state index contributed by atoms with van der Waals surface area (Å²) in [6.45, 7) is 4.67. The van der Waals surface area contributed by atoms with Crippen LogP contribution >= 0.6 is 27.5 Å². The van der Waals surface area contributed by atoms with E-state index in [1.54, 1.807) is 0 Å². The molecule has 0 saturated carbocycles. The number of piperidine rings is 1. The van der Waals surface area contributed by atoms with E-state index in [2.05, 4.69) is 67.0 Å². The molecule has 6 nitrogen and oxygen atoms in total. The van der Waals surface area contributed by atoms with E-state index in [-0.39, 0.29) is 6.03 Å². The summed E-state index contributed by atoms with van der Waals surface area (Å²) < 4.78 is 5.54. The minimum atomic E-state index is -0.158. The van der Waals surface area contributed by atoms with Crippen molar-refractivity contribution in [1.82, 2.24) is 14.7 Å².